The van der Waals surface area contributed by atoms with Gasteiger partial charge in [0.2, 0.25) is 5.88 Å². The Morgan fingerprint density at radius 1 is 1.20 bits per heavy atom. The molecule has 0 radical (unpaired) electrons. The van der Waals surface area contributed by atoms with Gasteiger partial charge in [0.05, 0.1) is 44.7 Å². The van der Waals surface area contributed by atoms with E-state index < -0.39 is 11.9 Å². The molecule has 3 atom stereocenters. The van der Waals surface area contributed by atoms with Crippen LogP contribution in [0.1, 0.15) is 37.7 Å². The van der Waals surface area contributed by atoms with Gasteiger partial charge in [-0.25, -0.2) is 9.37 Å². The van der Waals surface area contributed by atoms with Gasteiger partial charge >= 0.3 is 6.01 Å². The monoisotopic (exact) mass is 657 g/mol. The van der Waals surface area contributed by atoms with Crippen LogP contribution in [-0.2, 0) is 4.74 Å². The van der Waals surface area contributed by atoms with Crippen molar-refractivity contribution in [3.8, 4) is 23.1 Å². The minimum Gasteiger partial charge on any atom is -0.480 e. The fraction of sp³-hybridized carbons (Fsp3) is 0.562. The van der Waals surface area contributed by atoms with Crippen molar-refractivity contribution in [3.63, 3.8) is 0 Å². The molecule has 3 aromatic heterocycles. The van der Waals surface area contributed by atoms with Crippen molar-refractivity contribution < 1.29 is 28.8 Å². The first-order valence-electron chi connectivity index (χ1n) is 15.7. The normalized spacial score (nSPS) is 23.6. The second-order valence-corrected chi connectivity index (χ2v) is 12.8. The molecule has 2 saturated heterocycles. The highest BCUT2D eigenvalue weighted by Crippen LogP contribution is 2.48. The third-order valence-corrected chi connectivity index (χ3v) is 10.1. The highest BCUT2D eigenvalue weighted by Gasteiger charge is 2.47. The van der Waals surface area contributed by atoms with E-state index >= 15 is 4.39 Å². The van der Waals surface area contributed by atoms with Crippen LogP contribution >= 0.6 is 11.6 Å². The highest BCUT2D eigenvalue weighted by atomic mass is 35.5. The molecule has 7 rings (SSSR count). The summed E-state index contributed by atoms with van der Waals surface area (Å²) in [6.07, 6.45) is 6.41. The zero-order valence-corrected chi connectivity index (χ0v) is 27.4. The second kappa shape index (κ2) is 13.4. The van der Waals surface area contributed by atoms with E-state index in [0.717, 1.165) is 45.8 Å². The molecular formula is C32H41ClFN7O5. The summed E-state index contributed by atoms with van der Waals surface area (Å²) in [4.78, 5) is 18.5. The minimum atomic E-state index is -0.755. The number of benzene rings is 1. The lowest BCUT2D eigenvalue weighted by atomic mass is 9.76. The van der Waals surface area contributed by atoms with Crippen molar-refractivity contribution in [2.24, 2.45) is 5.41 Å². The number of H-pyrrole nitrogens is 1. The topological polar surface area (TPSA) is 142 Å². The Labute approximate surface area is 271 Å². The molecule has 0 bridgehead atoms. The maximum Gasteiger partial charge on any atom is 0.319 e. The van der Waals surface area contributed by atoms with Crippen molar-refractivity contribution in [1.29, 1.82) is 0 Å². The van der Waals surface area contributed by atoms with Crippen LogP contribution in [0, 0.1) is 18.2 Å². The zero-order valence-electron chi connectivity index (χ0n) is 26.6. The molecule has 1 aliphatic carbocycles. The molecule has 0 amide bonds. The number of aromatic nitrogens is 5. The molecule has 248 valence electrons. The number of methoxy groups -OCH3 is 1. The van der Waals surface area contributed by atoms with Crippen LogP contribution in [0.15, 0.2) is 12.3 Å². The molecule has 1 aromatic carbocycles. The van der Waals surface area contributed by atoms with E-state index in [1.54, 1.807) is 12.3 Å². The molecule has 12 nitrogen and oxygen atoms in total. The molecule has 2 aliphatic heterocycles. The van der Waals surface area contributed by atoms with Gasteiger partial charge in [-0.3, -0.25) is 5.10 Å². The van der Waals surface area contributed by atoms with E-state index in [-0.39, 0.29) is 41.7 Å². The lowest BCUT2D eigenvalue weighted by molar-refractivity contribution is 0.0133. The number of rotatable bonds is 6. The lowest BCUT2D eigenvalue weighted by Gasteiger charge is -2.44. The van der Waals surface area contributed by atoms with E-state index in [0.29, 0.717) is 64.1 Å². The average molecular weight is 658 g/mol. The molecular weight excluding hydrogens is 617 g/mol. The molecule has 5 heterocycles. The Kier molecular flexibility index (Phi) is 9.49. The fourth-order valence-corrected chi connectivity index (χ4v) is 7.75. The molecule has 3 unspecified atom stereocenters. The van der Waals surface area contributed by atoms with E-state index in [1.807, 2.05) is 11.8 Å². The number of hydrogen-bond acceptors (Lipinski definition) is 11. The molecule has 4 aromatic rings. The van der Waals surface area contributed by atoms with Crippen LogP contribution < -0.4 is 14.4 Å². The van der Waals surface area contributed by atoms with Crippen molar-refractivity contribution in [1.82, 2.24) is 30.0 Å². The fourth-order valence-electron chi connectivity index (χ4n) is 7.55. The van der Waals surface area contributed by atoms with E-state index in [9.17, 15) is 5.11 Å². The van der Waals surface area contributed by atoms with Gasteiger partial charge in [0.1, 0.15) is 22.4 Å². The first-order chi connectivity index (χ1) is 22.3. The molecule has 3 fully saturated rings. The number of hydrogen-bond donors (Lipinski definition) is 3. The van der Waals surface area contributed by atoms with Crippen LogP contribution in [0.2, 0.25) is 5.02 Å². The molecule has 3 N–H and O–H groups in total. The summed E-state index contributed by atoms with van der Waals surface area (Å²) in [7, 11) is 4.67. The summed E-state index contributed by atoms with van der Waals surface area (Å²) in [5.41, 5.74) is 1.87. The summed E-state index contributed by atoms with van der Waals surface area (Å²) in [5.74, 6) is -0.123. The number of pyridine rings is 1. The minimum absolute atomic E-state index is 0.00253. The van der Waals surface area contributed by atoms with Gasteiger partial charge in [-0.2, -0.15) is 15.1 Å². The SMILES string of the molecule is CO.COc1nc(-c2c(C)c(Cl)cc3[nH]ncc23)c(F)c2nc(OCC34CCCC3N(C)CCC4)nc(N3CCOCC(O)C3)c12. The van der Waals surface area contributed by atoms with Gasteiger partial charge in [0.15, 0.2) is 5.82 Å². The number of aliphatic hydroxyl groups excluding tert-OH is 2. The van der Waals surface area contributed by atoms with Crippen LogP contribution in [0.25, 0.3) is 33.1 Å². The predicted molar refractivity (Wildman–Crippen MR) is 173 cm³/mol. The van der Waals surface area contributed by atoms with Crippen LogP contribution in [0.3, 0.4) is 0 Å². The first-order valence-corrected chi connectivity index (χ1v) is 16.0. The van der Waals surface area contributed by atoms with Crippen LogP contribution in [0.5, 0.6) is 11.9 Å². The first kappa shape index (κ1) is 32.6. The number of likely N-dealkylation sites (tertiary alicyclic amines) is 1. The van der Waals surface area contributed by atoms with Gasteiger partial charge in [-0.1, -0.05) is 18.0 Å². The Morgan fingerprint density at radius 3 is 2.80 bits per heavy atom. The summed E-state index contributed by atoms with van der Waals surface area (Å²) >= 11 is 6.57. The number of ether oxygens (including phenoxy) is 3. The molecule has 14 heteroatoms. The lowest BCUT2D eigenvalue weighted by Crippen LogP contribution is -2.50. The van der Waals surface area contributed by atoms with Crippen molar-refractivity contribution in [3.05, 3.63) is 28.7 Å². The quantitative estimate of drug-likeness (QED) is 0.276. The third kappa shape index (κ3) is 5.72. The summed E-state index contributed by atoms with van der Waals surface area (Å²) < 4.78 is 34.7. The number of anilines is 1. The Morgan fingerprint density at radius 2 is 2.00 bits per heavy atom. The number of fused-ring (bicyclic) bond motifs is 3. The Balaban J connectivity index is 0.00000182. The third-order valence-electron chi connectivity index (χ3n) is 9.70. The molecule has 3 aliphatic rings. The van der Waals surface area contributed by atoms with Gasteiger partial charge < -0.3 is 34.2 Å². The number of aromatic amines is 1. The number of β-amino-alcohol motifs (C(OH)–C–C–N with tert-alkyl or cyclic N) is 1. The van der Waals surface area contributed by atoms with Gasteiger partial charge in [-0.15, -0.1) is 0 Å². The van der Waals surface area contributed by atoms with Crippen LogP contribution in [-0.4, -0.2) is 113 Å². The maximum atomic E-state index is 16.9. The smallest absolute Gasteiger partial charge is 0.319 e. The highest BCUT2D eigenvalue weighted by molar-refractivity contribution is 6.33. The number of nitrogens with one attached hydrogen (secondary N) is 1. The van der Waals surface area contributed by atoms with Crippen molar-refractivity contribution in [2.75, 3.05) is 65.6 Å². The predicted octanol–water partition coefficient (Wildman–Crippen LogP) is 4.13. The number of nitrogens with zero attached hydrogens (tertiary/aromatic N) is 6. The van der Waals surface area contributed by atoms with Gasteiger partial charge in [-0.05, 0) is 57.8 Å². The summed E-state index contributed by atoms with van der Waals surface area (Å²) in [6.45, 7) is 4.57. The van der Waals surface area contributed by atoms with Crippen molar-refractivity contribution >= 4 is 39.2 Å². The zero-order chi connectivity index (χ0) is 32.6. The largest absolute Gasteiger partial charge is 0.480 e. The van der Waals surface area contributed by atoms with E-state index in [1.165, 1.54) is 7.11 Å². The van der Waals surface area contributed by atoms with Gasteiger partial charge in [0, 0.05) is 47.6 Å². The average Bonchev–Trinajstić information content (AvgIpc) is 3.65. The standard InChI is InChI=1S/C31H37ClFN7O4.CH4O/c1-17-20(32)12-21-19(13-34-38-21)23(17)26-25(33)27-24(29(35-26)42-3)28(40-10-11-43-15-18(41)14-40)37-30(36-27)44-16-31-7-4-6-22(31)39(2)9-5-8-31;1-2/h12-13,18,22,41H,4-11,14-16H2,1-3H3,(H,34,38);2H,1H3. The number of halogens is 2. The summed E-state index contributed by atoms with van der Waals surface area (Å²) in [6, 6.07) is 2.27. The number of aliphatic hydroxyl groups is 2. The van der Waals surface area contributed by atoms with E-state index in [2.05, 4.69) is 32.1 Å². The molecule has 0 spiro atoms. The second-order valence-electron chi connectivity index (χ2n) is 12.3. The molecule has 46 heavy (non-hydrogen) atoms. The molecule has 1 saturated carbocycles. The summed E-state index contributed by atoms with van der Waals surface area (Å²) in [5, 5.41) is 26.1. The van der Waals surface area contributed by atoms with Crippen LogP contribution in [0.4, 0.5) is 10.2 Å². The van der Waals surface area contributed by atoms with Crippen molar-refractivity contribution in [2.45, 2.75) is 51.2 Å². The van der Waals surface area contributed by atoms with Gasteiger partial charge in [0.25, 0.3) is 0 Å². The Hall–Kier alpha value is -3.36. The maximum absolute atomic E-state index is 16.9. The van der Waals surface area contributed by atoms with E-state index in [4.69, 9.17) is 35.9 Å². The number of piperidine rings is 1. The Bertz CT molecular complexity index is 1720.